The summed E-state index contributed by atoms with van der Waals surface area (Å²) in [7, 11) is 0. The number of hydrogen-bond donors (Lipinski definition) is 2. The van der Waals surface area contributed by atoms with E-state index in [9.17, 15) is 9.59 Å². The van der Waals surface area contributed by atoms with Crippen LogP contribution in [-0.4, -0.2) is 17.0 Å². The molecule has 0 saturated carbocycles. The van der Waals surface area contributed by atoms with Crippen molar-refractivity contribution in [3.8, 4) is 0 Å². The third-order valence-electron chi connectivity index (χ3n) is 2.46. The van der Waals surface area contributed by atoms with Crippen LogP contribution in [0.5, 0.6) is 0 Å². The molecule has 0 unspecified atom stereocenters. The number of carbonyl (C=O) groups excluding carboxylic acids is 1. The Morgan fingerprint density at radius 2 is 2.12 bits per heavy atom. The second-order valence-corrected chi connectivity index (χ2v) is 4.24. The van der Waals surface area contributed by atoms with Gasteiger partial charge >= 0.3 is 5.97 Å². The van der Waals surface area contributed by atoms with Crippen LogP contribution in [-0.2, 0) is 16.0 Å². The number of carboxylic acids is 1. The number of nitrogens with two attached hydrogens (primary N) is 1. The van der Waals surface area contributed by atoms with Crippen molar-refractivity contribution < 1.29 is 14.7 Å². The molecule has 0 aliphatic heterocycles. The zero-order valence-electron chi connectivity index (χ0n) is 8.74. The van der Waals surface area contributed by atoms with Gasteiger partial charge in [0.1, 0.15) is 5.41 Å². The molecule has 0 spiro atoms. The molecule has 1 atom stereocenters. The predicted octanol–water partition coefficient (Wildman–Crippen LogP) is 1.46. The summed E-state index contributed by atoms with van der Waals surface area (Å²) >= 11 is 5.77. The SMILES string of the molecule is C[C@@](Cc1cccc(Cl)c1)(C(N)=O)C(=O)O. The first kappa shape index (κ1) is 12.5. The number of aliphatic carboxylic acids is 1. The van der Waals surface area contributed by atoms with Gasteiger partial charge in [-0.05, 0) is 31.0 Å². The zero-order chi connectivity index (χ0) is 12.3. The Labute approximate surface area is 98.0 Å². The van der Waals surface area contributed by atoms with E-state index in [-0.39, 0.29) is 6.42 Å². The largest absolute Gasteiger partial charge is 0.480 e. The van der Waals surface area contributed by atoms with Crippen molar-refractivity contribution in [3.63, 3.8) is 0 Å². The highest BCUT2D eigenvalue weighted by atomic mass is 35.5. The van der Waals surface area contributed by atoms with Crippen LogP contribution in [0.15, 0.2) is 24.3 Å². The quantitative estimate of drug-likeness (QED) is 0.783. The molecule has 1 rings (SSSR count). The number of primary amides is 1. The van der Waals surface area contributed by atoms with Crippen LogP contribution >= 0.6 is 11.6 Å². The van der Waals surface area contributed by atoms with Crippen LogP contribution in [0.4, 0.5) is 0 Å². The maximum absolute atomic E-state index is 11.2. The molecular weight excluding hydrogens is 230 g/mol. The lowest BCUT2D eigenvalue weighted by Crippen LogP contribution is -2.43. The summed E-state index contributed by atoms with van der Waals surface area (Å²) in [5.41, 5.74) is 4.16. The number of benzene rings is 1. The fourth-order valence-corrected chi connectivity index (χ4v) is 1.54. The van der Waals surface area contributed by atoms with Crippen LogP contribution in [0.2, 0.25) is 5.02 Å². The molecule has 0 fully saturated rings. The monoisotopic (exact) mass is 241 g/mol. The van der Waals surface area contributed by atoms with E-state index in [0.717, 1.165) is 0 Å². The van der Waals surface area contributed by atoms with Crippen molar-refractivity contribution in [2.75, 3.05) is 0 Å². The van der Waals surface area contributed by atoms with Gasteiger partial charge in [0, 0.05) is 5.02 Å². The van der Waals surface area contributed by atoms with Crippen molar-refractivity contribution in [2.45, 2.75) is 13.3 Å². The van der Waals surface area contributed by atoms with Gasteiger partial charge in [0.05, 0.1) is 0 Å². The summed E-state index contributed by atoms with van der Waals surface area (Å²) in [4.78, 5) is 22.2. The minimum absolute atomic E-state index is 0.0260. The Morgan fingerprint density at radius 3 is 2.56 bits per heavy atom. The van der Waals surface area contributed by atoms with Crippen LogP contribution in [0.3, 0.4) is 0 Å². The van der Waals surface area contributed by atoms with Crippen molar-refractivity contribution in [1.29, 1.82) is 0 Å². The van der Waals surface area contributed by atoms with Crippen molar-refractivity contribution in [3.05, 3.63) is 34.9 Å². The average molecular weight is 242 g/mol. The lowest BCUT2D eigenvalue weighted by atomic mass is 9.83. The van der Waals surface area contributed by atoms with Crippen LogP contribution in [0.25, 0.3) is 0 Å². The molecule has 1 aromatic rings. The van der Waals surface area contributed by atoms with Gasteiger partial charge < -0.3 is 10.8 Å². The van der Waals surface area contributed by atoms with Crippen LogP contribution in [0.1, 0.15) is 12.5 Å². The van der Waals surface area contributed by atoms with Crippen molar-refractivity contribution >= 4 is 23.5 Å². The van der Waals surface area contributed by atoms with Gasteiger partial charge in [-0.2, -0.15) is 0 Å². The average Bonchev–Trinajstić information content (AvgIpc) is 2.16. The number of carbonyl (C=O) groups is 2. The summed E-state index contributed by atoms with van der Waals surface area (Å²) < 4.78 is 0. The van der Waals surface area contributed by atoms with Gasteiger partial charge in [-0.15, -0.1) is 0 Å². The van der Waals surface area contributed by atoms with E-state index >= 15 is 0 Å². The standard InChI is InChI=1S/C11H12ClNO3/c1-11(9(13)14,10(15)16)6-7-3-2-4-8(12)5-7/h2-5H,6H2,1H3,(H2,13,14)(H,15,16)/t11-/m1/s1. The van der Waals surface area contributed by atoms with Gasteiger partial charge in [0.15, 0.2) is 0 Å². The third kappa shape index (κ3) is 2.52. The molecule has 0 radical (unpaired) electrons. The second kappa shape index (κ2) is 4.53. The van der Waals surface area contributed by atoms with Gasteiger partial charge in [0.2, 0.25) is 5.91 Å². The summed E-state index contributed by atoms with van der Waals surface area (Å²) in [6.07, 6.45) is 0.0260. The molecule has 86 valence electrons. The molecule has 0 heterocycles. The summed E-state index contributed by atoms with van der Waals surface area (Å²) in [6, 6.07) is 6.69. The molecular formula is C11H12ClNO3. The summed E-state index contributed by atoms with van der Waals surface area (Å²) in [5.74, 6) is -2.10. The molecule has 0 aromatic heterocycles. The van der Waals surface area contributed by atoms with Crippen LogP contribution in [0, 0.1) is 5.41 Å². The molecule has 0 aliphatic rings. The smallest absolute Gasteiger partial charge is 0.319 e. The molecule has 4 nitrogen and oxygen atoms in total. The van der Waals surface area contributed by atoms with E-state index in [1.807, 2.05) is 0 Å². The molecule has 0 aliphatic carbocycles. The minimum atomic E-state index is -1.61. The highest BCUT2D eigenvalue weighted by Crippen LogP contribution is 2.24. The molecule has 3 N–H and O–H groups in total. The predicted molar refractivity (Wildman–Crippen MR) is 60.1 cm³/mol. The fraction of sp³-hybridized carbons (Fsp3) is 0.273. The molecule has 16 heavy (non-hydrogen) atoms. The summed E-state index contributed by atoms with van der Waals surface area (Å²) in [5, 5.41) is 9.49. The fourth-order valence-electron chi connectivity index (χ4n) is 1.32. The Kier molecular flexibility index (Phi) is 3.55. The molecule has 1 aromatic carbocycles. The highest BCUT2D eigenvalue weighted by molar-refractivity contribution is 6.30. The number of amides is 1. The van der Waals surface area contributed by atoms with Crippen LogP contribution < -0.4 is 5.73 Å². The molecule has 1 amide bonds. The van der Waals surface area contributed by atoms with Crippen molar-refractivity contribution in [2.24, 2.45) is 11.1 Å². The topological polar surface area (TPSA) is 80.4 Å². The first-order chi connectivity index (χ1) is 7.36. The number of hydrogen-bond acceptors (Lipinski definition) is 2. The molecule has 0 bridgehead atoms. The Morgan fingerprint density at radius 1 is 1.50 bits per heavy atom. The Bertz CT molecular complexity index is 417. The van der Waals surface area contributed by atoms with Gasteiger partial charge in [-0.3, -0.25) is 9.59 Å². The number of halogens is 1. The maximum atomic E-state index is 11.2. The lowest BCUT2D eigenvalue weighted by molar-refractivity contribution is -0.153. The van der Waals surface area contributed by atoms with E-state index in [0.29, 0.717) is 10.6 Å². The van der Waals surface area contributed by atoms with Gasteiger partial charge in [-0.1, -0.05) is 23.7 Å². The minimum Gasteiger partial charge on any atom is -0.480 e. The van der Waals surface area contributed by atoms with E-state index in [1.165, 1.54) is 6.92 Å². The molecule has 0 saturated heterocycles. The van der Waals surface area contributed by atoms with E-state index in [4.69, 9.17) is 22.4 Å². The third-order valence-corrected chi connectivity index (χ3v) is 2.70. The zero-order valence-corrected chi connectivity index (χ0v) is 9.49. The first-order valence-electron chi connectivity index (χ1n) is 4.64. The molecule has 5 heteroatoms. The van der Waals surface area contributed by atoms with Crippen molar-refractivity contribution in [1.82, 2.24) is 0 Å². The normalized spacial score (nSPS) is 14.1. The van der Waals surface area contributed by atoms with E-state index in [1.54, 1.807) is 24.3 Å². The number of rotatable bonds is 4. The second-order valence-electron chi connectivity index (χ2n) is 3.81. The Hall–Kier alpha value is -1.55. The maximum Gasteiger partial charge on any atom is 0.319 e. The summed E-state index contributed by atoms with van der Waals surface area (Å²) in [6.45, 7) is 1.30. The first-order valence-corrected chi connectivity index (χ1v) is 5.02. The van der Waals surface area contributed by atoms with E-state index < -0.39 is 17.3 Å². The Balaban J connectivity index is 3.02. The highest BCUT2D eigenvalue weighted by Gasteiger charge is 2.39. The van der Waals surface area contributed by atoms with E-state index in [2.05, 4.69) is 0 Å². The van der Waals surface area contributed by atoms with Gasteiger partial charge in [-0.25, -0.2) is 0 Å². The van der Waals surface area contributed by atoms with Gasteiger partial charge in [0.25, 0.3) is 0 Å². The number of carboxylic acid groups (broad SMARTS) is 1. The lowest BCUT2D eigenvalue weighted by Gasteiger charge is -2.20.